The van der Waals surface area contributed by atoms with E-state index in [9.17, 15) is 0 Å². The number of aryl methyl sites for hydroxylation is 2. The van der Waals surface area contributed by atoms with Gasteiger partial charge in [-0.25, -0.2) is 4.98 Å². The van der Waals surface area contributed by atoms with Crippen LogP contribution in [0.2, 0.25) is 0 Å². The highest BCUT2D eigenvalue weighted by molar-refractivity contribution is 7.13. The topological polar surface area (TPSA) is 35.3 Å². The number of thiophene rings is 1. The van der Waals surface area contributed by atoms with Crippen LogP contribution in [0.4, 0.5) is 0 Å². The highest BCUT2D eigenvalue weighted by Crippen LogP contribution is 2.24. The zero-order valence-corrected chi connectivity index (χ0v) is 12.2. The van der Waals surface area contributed by atoms with E-state index in [-0.39, 0.29) is 0 Å². The number of oxazole rings is 1. The van der Waals surface area contributed by atoms with Crippen molar-refractivity contribution in [1.29, 1.82) is 0 Å². The van der Waals surface area contributed by atoms with Crippen molar-refractivity contribution in [2.45, 2.75) is 20.5 Å². The Hall–Kier alpha value is -2.07. The maximum absolute atomic E-state index is 5.79. The first kappa shape index (κ1) is 12.9. The molecule has 2 aromatic heterocycles. The summed E-state index contributed by atoms with van der Waals surface area (Å²) in [6.07, 6.45) is 1.65. The van der Waals surface area contributed by atoms with E-state index in [1.54, 1.807) is 17.6 Å². The summed E-state index contributed by atoms with van der Waals surface area (Å²) in [6, 6.07) is 10.1. The number of benzene rings is 1. The minimum absolute atomic E-state index is 0.415. The minimum atomic E-state index is 0.415. The van der Waals surface area contributed by atoms with Gasteiger partial charge in [0.2, 0.25) is 5.89 Å². The highest BCUT2D eigenvalue weighted by Gasteiger charge is 2.08. The van der Waals surface area contributed by atoms with E-state index >= 15 is 0 Å². The molecule has 0 N–H and O–H groups in total. The fraction of sp³-hybridized carbons (Fsp3) is 0.188. The Morgan fingerprint density at radius 1 is 1.25 bits per heavy atom. The van der Waals surface area contributed by atoms with E-state index in [1.165, 1.54) is 5.56 Å². The molecule has 0 fully saturated rings. The normalized spacial score (nSPS) is 10.7. The average molecular weight is 285 g/mol. The molecule has 2 heterocycles. The number of rotatable bonds is 4. The van der Waals surface area contributed by atoms with Crippen LogP contribution in [0.3, 0.4) is 0 Å². The molecule has 3 nitrogen and oxygen atoms in total. The third-order valence-corrected chi connectivity index (χ3v) is 3.85. The fourth-order valence-electron chi connectivity index (χ4n) is 2.00. The second-order valence-corrected chi connectivity index (χ2v) is 5.63. The van der Waals surface area contributed by atoms with Gasteiger partial charge in [0.05, 0.1) is 4.88 Å². The van der Waals surface area contributed by atoms with Crippen molar-refractivity contribution in [3.05, 3.63) is 58.8 Å². The summed E-state index contributed by atoms with van der Waals surface area (Å²) in [7, 11) is 0. The average Bonchev–Trinajstić information content (AvgIpc) is 3.08. The molecule has 4 heteroatoms. The van der Waals surface area contributed by atoms with Crippen LogP contribution in [-0.2, 0) is 6.61 Å². The predicted molar refractivity (Wildman–Crippen MR) is 80.1 cm³/mol. The summed E-state index contributed by atoms with van der Waals surface area (Å²) in [5.74, 6) is 1.54. The lowest BCUT2D eigenvalue weighted by Crippen LogP contribution is -1.97. The summed E-state index contributed by atoms with van der Waals surface area (Å²) in [5.41, 5.74) is 3.16. The Kier molecular flexibility index (Phi) is 3.56. The summed E-state index contributed by atoms with van der Waals surface area (Å²) in [5, 5.41) is 2.01. The fourth-order valence-corrected chi connectivity index (χ4v) is 2.66. The lowest BCUT2D eigenvalue weighted by molar-refractivity contribution is 0.299. The van der Waals surface area contributed by atoms with Gasteiger partial charge in [-0.2, -0.15) is 0 Å². The standard InChI is InChI=1S/C16H15NO2S/c1-11-5-6-14(12(2)8-11)18-9-13-10-19-16(17-13)15-4-3-7-20-15/h3-8,10H,9H2,1-2H3. The van der Waals surface area contributed by atoms with Gasteiger partial charge < -0.3 is 9.15 Å². The largest absolute Gasteiger partial charge is 0.487 e. The lowest BCUT2D eigenvalue weighted by atomic mass is 10.1. The Bertz CT molecular complexity index is 701. The molecular formula is C16H15NO2S. The molecule has 0 saturated heterocycles. The number of ether oxygens (including phenoxy) is 1. The molecule has 0 aliphatic rings. The molecule has 0 bridgehead atoms. The van der Waals surface area contributed by atoms with Crippen LogP contribution < -0.4 is 4.74 Å². The summed E-state index contributed by atoms with van der Waals surface area (Å²) >= 11 is 1.61. The SMILES string of the molecule is Cc1ccc(OCc2coc(-c3cccs3)n2)c(C)c1. The molecule has 0 spiro atoms. The lowest BCUT2D eigenvalue weighted by Gasteiger charge is -2.07. The van der Waals surface area contributed by atoms with E-state index in [4.69, 9.17) is 9.15 Å². The molecule has 0 unspecified atom stereocenters. The number of hydrogen-bond donors (Lipinski definition) is 0. The van der Waals surface area contributed by atoms with Gasteiger partial charge in [0.1, 0.15) is 24.3 Å². The zero-order valence-electron chi connectivity index (χ0n) is 11.4. The van der Waals surface area contributed by atoms with Gasteiger partial charge in [0.25, 0.3) is 0 Å². The van der Waals surface area contributed by atoms with Crippen molar-refractivity contribution in [2.24, 2.45) is 0 Å². The number of hydrogen-bond acceptors (Lipinski definition) is 4. The molecule has 3 rings (SSSR count). The molecule has 0 radical (unpaired) electrons. The predicted octanol–water partition coefficient (Wildman–Crippen LogP) is 4.60. The Morgan fingerprint density at radius 3 is 2.90 bits per heavy atom. The Morgan fingerprint density at radius 2 is 2.15 bits per heavy atom. The number of aromatic nitrogens is 1. The molecule has 20 heavy (non-hydrogen) atoms. The molecule has 102 valence electrons. The Labute approximate surface area is 121 Å². The molecule has 0 saturated carbocycles. The van der Waals surface area contributed by atoms with Crippen molar-refractivity contribution in [2.75, 3.05) is 0 Å². The molecular weight excluding hydrogens is 270 g/mol. The maximum atomic E-state index is 5.79. The minimum Gasteiger partial charge on any atom is -0.487 e. The van der Waals surface area contributed by atoms with Crippen molar-refractivity contribution in [3.8, 4) is 16.5 Å². The Balaban J connectivity index is 1.70. The van der Waals surface area contributed by atoms with Crippen LogP contribution in [0, 0.1) is 13.8 Å². The van der Waals surface area contributed by atoms with Crippen LogP contribution in [0.1, 0.15) is 16.8 Å². The first-order chi connectivity index (χ1) is 9.72. The monoisotopic (exact) mass is 285 g/mol. The smallest absolute Gasteiger partial charge is 0.236 e. The van der Waals surface area contributed by atoms with E-state index in [2.05, 4.69) is 18.0 Å². The van der Waals surface area contributed by atoms with Gasteiger partial charge in [0, 0.05) is 0 Å². The van der Waals surface area contributed by atoms with E-state index in [0.29, 0.717) is 12.5 Å². The third-order valence-electron chi connectivity index (χ3n) is 2.99. The van der Waals surface area contributed by atoms with E-state index in [1.807, 2.05) is 36.6 Å². The molecule has 0 atom stereocenters. The first-order valence-electron chi connectivity index (χ1n) is 6.41. The summed E-state index contributed by atoms with van der Waals surface area (Å²) in [4.78, 5) is 5.46. The quantitative estimate of drug-likeness (QED) is 0.702. The maximum Gasteiger partial charge on any atom is 0.236 e. The summed E-state index contributed by atoms with van der Waals surface area (Å²) < 4.78 is 11.3. The van der Waals surface area contributed by atoms with Crippen molar-refractivity contribution >= 4 is 11.3 Å². The second kappa shape index (κ2) is 5.51. The van der Waals surface area contributed by atoms with Gasteiger partial charge in [-0.1, -0.05) is 23.8 Å². The van der Waals surface area contributed by atoms with Crippen LogP contribution in [0.5, 0.6) is 5.75 Å². The van der Waals surface area contributed by atoms with Gasteiger partial charge in [-0.05, 0) is 36.9 Å². The zero-order chi connectivity index (χ0) is 13.9. The third kappa shape index (κ3) is 2.75. The molecule has 3 aromatic rings. The van der Waals surface area contributed by atoms with Crippen molar-refractivity contribution < 1.29 is 9.15 Å². The first-order valence-corrected chi connectivity index (χ1v) is 7.28. The van der Waals surface area contributed by atoms with Crippen LogP contribution in [-0.4, -0.2) is 4.98 Å². The van der Waals surface area contributed by atoms with Crippen LogP contribution >= 0.6 is 11.3 Å². The molecule has 0 aliphatic carbocycles. The molecule has 0 aliphatic heterocycles. The van der Waals surface area contributed by atoms with E-state index < -0.39 is 0 Å². The molecule has 1 aromatic carbocycles. The van der Waals surface area contributed by atoms with Crippen molar-refractivity contribution in [3.63, 3.8) is 0 Å². The van der Waals surface area contributed by atoms with Gasteiger partial charge in [0.15, 0.2) is 0 Å². The van der Waals surface area contributed by atoms with E-state index in [0.717, 1.165) is 21.9 Å². The van der Waals surface area contributed by atoms with Crippen LogP contribution in [0.25, 0.3) is 10.8 Å². The van der Waals surface area contributed by atoms with Gasteiger partial charge in [-0.3, -0.25) is 0 Å². The molecule has 0 amide bonds. The van der Waals surface area contributed by atoms with Gasteiger partial charge in [-0.15, -0.1) is 11.3 Å². The number of nitrogens with zero attached hydrogens (tertiary/aromatic N) is 1. The summed E-state index contributed by atoms with van der Waals surface area (Å²) in [6.45, 7) is 4.53. The van der Waals surface area contributed by atoms with Crippen molar-refractivity contribution in [1.82, 2.24) is 4.98 Å². The second-order valence-electron chi connectivity index (χ2n) is 4.68. The van der Waals surface area contributed by atoms with Gasteiger partial charge >= 0.3 is 0 Å². The van der Waals surface area contributed by atoms with Crippen LogP contribution in [0.15, 0.2) is 46.4 Å². The highest BCUT2D eigenvalue weighted by atomic mass is 32.1.